The van der Waals surface area contributed by atoms with E-state index in [2.05, 4.69) is 4.72 Å². The van der Waals surface area contributed by atoms with Crippen LogP contribution in [0.4, 0.5) is 0 Å². The smallest absolute Gasteiger partial charge is 0.251 e. The van der Waals surface area contributed by atoms with E-state index in [1.54, 1.807) is 11.8 Å². The third-order valence-corrected chi connectivity index (χ3v) is 3.64. The molecule has 7 heteroatoms. The summed E-state index contributed by atoms with van der Waals surface area (Å²) in [6.07, 6.45) is 2.24. The van der Waals surface area contributed by atoms with Crippen LogP contribution in [0.5, 0.6) is 0 Å². The Labute approximate surface area is 109 Å². The summed E-state index contributed by atoms with van der Waals surface area (Å²) in [6.45, 7) is 5.14. The van der Waals surface area contributed by atoms with Gasteiger partial charge < -0.3 is 9.64 Å². The number of ether oxygens (including phenoxy) is 1. The molecule has 1 aliphatic rings. The molecule has 1 N–H and O–H groups in total. The van der Waals surface area contributed by atoms with Crippen LogP contribution in [0.2, 0.25) is 0 Å². The van der Waals surface area contributed by atoms with E-state index in [0.29, 0.717) is 19.7 Å². The Morgan fingerprint density at radius 2 is 2.22 bits per heavy atom. The van der Waals surface area contributed by atoms with E-state index in [-0.39, 0.29) is 11.9 Å². The lowest BCUT2D eigenvalue weighted by Crippen LogP contribution is -2.51. The number of rotatable bonds is 5. The van der Waals surface area contributed by atoms with Gasteiger partial charge in [-0.1, -0.05) is 0 Å². The fourth-order valence-corrected chi connectivity index (χ4v) is 2.95. The Morgan fingerprint density at radius 1 is 1.56 bits per heavy atom. The first-order chi connectivity index (χ1) is 8.33. The van der Waals surface area contributed by atoms with Gasteiger partial charge in [-0.05, 0) is 26.7 Å². The van der Waals surface area contributed by atoms with Crippen LogP contribution in [0.25, 0.3) is 0 Å². The van der Waals surface area contributed by atoms with Crippen LogP contribution in [-0.2, 0) is 19.6 Å². The quantitative estimate of drug-likeness (QED) is 0.765. The molecule has 0 bridgehead atoms. The lowest BCUT2D eigenvalue weighted by atomic mass is 10.1. The summed E-state index contributed by atoms with van der Waals surface area (Å²) in [7, 11) is -3.22. The lowest BCUT2D eigenvalue weighted by molar-refractivity contribution is -0.143. The number of nitrogens with zero attached hydrogens (tertiary/aromatic N) is 1. The highest BCUT2D eigenvalue weighted by Gasteiger charge is 2.28. The normalized spacial score (nSPS) is 22.8. The van der Waals surface area contributed by atoms with Crippen LogP contribution >= 0.6 is 0 Å². The van der Waals surface area contributed by atoms with Crippen molar-refractivity contribution < 1.29 is 17.9 Å². The van der Waals surface area contributed by atoms with Crippen LogP contribution in [0.1, 0.15) is 26.7 Å². The van der Waals surface area contributed by atoms with Gasteiger partial charge in [0.25, 0.3) is 5.91 Å². The minimum absolute atomic E-state index is 0.0724. The molecular formula is C11H22N2O4S. The highest BCUT2D eigenvalue weighted by molar-refractivity contribution is 7.88. The van der Waals surface area contributed by atoms with Crippen molar-refractivity contribution in [3.05, 3.63) is 0 Å². The largest absolute Gasteiger partial charge is 0.369 e. The van der Waals surface area contributed by atoms with Crippen molar-refractivity contribution in [3.63, 3.8) is 0 Å². The van der Waals surface area contributed by atoms with Gasteiger partial charge in [0.15, 0.2) is 0 Å². The molecule has 0 aromatic rings. The molecule has 1 heterocycles. The van der Waals surface area contributed by atoms with Crippen LogP contribution in [-0.4, -0.2) is 57.3 Å². The van der Waals surface area contributed by atoms with Crippen molar-refractivity contribution in [2.75, 3.05) is 26.0 Å². The van der Waals surface area contributed by atoms with Crippen LogP contribution in [0.15, 0.2) is 0 Å². The van der Waals surface area contributed by atoms with E-state index >= 15 is 0 Å². The summed E-state index contributed by atoms with van der Waals surface area (Å²) in [4.78, 5) is 13.7. The van der Waals surface area contributed by atoms with Crippen LogP contribution in [0.3, 0.4) is 0 Å². The molecule has 1 rings (SSSR count). The standard InChI is InChI=1S/C11H22N2O4S/c1-4-17-9(2)11(14)13-7-5-6-10(8-13)12-18(3,15)16/h9-10,12H,4-8H2,1-3H3/t9-,10-/m1/s1. The first-order valence-corrected chi connectivity index (χ1v) is 8.10. The number of carbonyl (C=O) groups excluding carboxylic acids is 1. The minimum atomic E-state index is -3.22. The van der Waals surface area contributed by atoms with Gasteiger partial charge in [0.05, 0.1) is 6.26 Å². The molecule has 2 atom stereocenters. The van der Waals surface area contributed by atoms with Gasteiger partial charge in [-0.15, -0.1) is 0 Å². The number of sulfonamides is 1. The summed E-state index contributed by atoms with van der Waals surface area (Å²) < 4.78 is 30.2. The van der Waals surface area contributed by atoms with E-state index in [1.807, 2.05) is 6.92 Å². The van der Waals surface area contributed by atoms with Gasteiger partial charge in [-0.25, -0.2) is 13.1 Å². The molecule has 6 nitrogen and oxygen atoms in total. The van der Waals surface area contributed by atoms with Crippen molar-refractivity contribution in [1.82, 2.24) is 9.62 Å². The molecule has 1 saturated heterocycles. The summed E-state index contributed by atoms with van der Waals surface area (Å²) in [6, 6.07) is -0.188. The Balaban J connectivity index is 2.55. The number of nitrogens with one attached hydrogen (secondary N) is 1. The van der Waals surface area contributed by atoms with E-state index in [9.17, 15) is 13.2 Å². The average molecular weight is 278 g/mol. The van der Waals surface area contributed by atoms with E-state index in [4.69, 9.17) is 4.74 Å². The zero-order valence-electron chi connectivity index (χ0n) is 11.2. The van der Waals surface area contributed by atoms with Crippen molar-refractivity contribution in [2.24, 2.45) is 0 Å². The number of amides is 1. The van der Waals surface area contributed by atoms with Crippen molar-refractivity contribution in [3.8, 4) is 0 Å². The molecule has 0 radical (unpaired) electrons. The van der Waals surface area contributed by atoms with Crippen LogP contribution in [0, 0.1) is 0 Å². The maximum absolute atomic E-state index is 12.0. The van der Waals surface area contributed by atoms with Gasteiger partial charge in [-0.2, -0.15) is 0 Å². The monoisotopic (exact) mass is 278 g/mol. The Kier molecular flexibility index (Phi) is 5.55. The number of carbonyl (C=O) groups is 1. The first-order valence-electron chi connectivity index (χ1n) is 6.21. The number of hydrogen-bond acceptors (Lipinski definition) is 4. The summed E-state index contributed by atoms with van der Waals surface area (Å²) in [5, 5.41) is 0. The molecule has 0 saturated carbocycles. The number of hydrogen-bond donors (Lipinski definition) is 1. The predicted molar refractivity (Wildman–Crippen MR) is 68.7 cm³/mol. The Hall–Kier alpha value is -0.660. The molecule has 0 aromatic heterocycles. The molecule has 1 aliphatic heterocycles. The Bertz CT molecular complexity index is 383. The van der Waals surface area contributed by atoms with Crippen molar-refractivity contribution in [1.29, 1.82) is 0 Å². The van der Waals surface area contributed by atoms with Gasteiger partial charge in [0.1, 0.15) is 6.10 Å². The number of piperidine rings is 1. The molecule has 1 amide bonds. The lowest BCUT2D eigenvalue weighted by Gasteiger charge is -2.34. The zero-order valence-corrected chi connectivity index (χ0v) is 12.0. The molecule has 0 aliphatic carbocycles. The molecule has 18 heavy (non-hydrogen) atoms. The van der Waals surface area contributed by atoms with E-state index in [0.717, 1.165) is 19.1 Å². The highest BCUT2D eigenvalue weighted by Crippen LogP contribution is 2.12. The SMILES string of the molecule is CCO[C@H](C)C(=O)N1CCC[C@@H](NS(C)(=O)=O)C1. The molecule has 1 fully saturated rings. The van der Waals surface area contributed by atoms with Crippen molar-refractivity contribution >= 4 is 15.9 Å². The number of likely N-dealkylation sites (tertiary alicyclic amines) is 1. The van der Waals surface area contributed by atoms with Crippen molar-refractivity contribution in [2.45, 2.75) is 38.8 Å². The maximum Gasteiger partial charge on any atom is 0.251 e. The zero-order chi connectivity index (χ0) is 13.8. The Morgan fingerprint density at radius 3 is 2.78 bits per heavy atom. The molecule has 106 valence electrons. The van der Waals surface area contributed by atoms with Gasteiger partial charge in [-0.3, -0.25) is 4.79 Å². The predicted octanol–water partition coefficient (Wildman–Crippen LogP) is -0.0484. The second-order valence-corrected chi connectivity index (χ2v) is 6.39. The van der Waals surface area contributed by atoms with Gasteiger partial charge >= 0.3 is 0 Å². The topological polar surface area (TPSA) is 75.7 Å². The second kappa shape index (κ2) is 6.49. The average Bonchev–Trinajstić information content (AvgIpc) is 2.26. The minimum Gasteiger partial charge on any atom is -0.369 e. The van der Waals surface area contributed by atoms with E-state index < -0.39 is 16.1 Å². The van der Waals surface area contributed by atoms with Crippen LogP contribution < -0.4 is 4.72 Å². The van der Waals surface area contributed by atoms with E-state index in [1.165, 1.54) is 0 Å². The second-order valence-electron chi connectivity index (χ2n) is 4.61. The fourth-order valence-electron chi connectivity index (χ4n) is 2.15. The highest BCUT2D eigenvalue weighted by atomic mass is 32.2. The third-order valence-electron chi connectivity index (χ3n) is 2.88. The summed E-state index contributed by atoms with van der Waals surface area (Å²) in [5.41, 5.74) is 0. The first kappa shape index (κ1) is 15.4. The fraction of sp³-hybridized carbons (Fsp3) is 0.909. The molecular weight excluding hydrogens is 256 g/mol. The third kappa shape index (κ3) is 4.91. The molecule has 0 unspecified atom stereocenters. The van der Waals surface area contributed by atoms with Gasteiger partial charge in [0.2, 0.25) is 10.0 Å². The summed E-state index contributed by atoms with van der Waals surface area (Å²) >= 11 is 0. The maximum atomic E-state index is 12.0. The summed E-state index contributed by atoms with van der Waals surface area (Å²) in [5.74, 6) is -0.0724. The van der Waals surface area contributed by atoms with Gasteiger partial charge in [0, 0.05) is 25.7 Å². The molecule has 0 spiro atoms. The molecule has 0 aromatic carbocycles.